The van der Waals surface area contributed by atoms with Gasteiger partial charge in [0, 0.05) is 31.9 Å². The number of benzene rings is 1. The molecule has 1 amide bonds. The third-order valence-electron chi connectivity index (χ3n) is 4.55. The molecule has 0 saturated carbocycles. The van der Waals surface area contributed by atoms with Crippen LogP contribution in [-0.2, 0) is 13.1 Å². The van der Waals surface area contributed by atoms with Crippen molar-refractivity contribution in [2.45, 2.75) is 39.0 Å². The van der Waals surface area contributed by atoms with Crippen LogP contribution in [0.4, 0.5) is 0 Å². The fraction of sp³-hybridized carbons (Fsp3) is 0.421. The maximum absolute atomic E-state index is 12.3. The molecule has 2 aromatic rings. The Morgan fingerprint density at radius 2 is 1.96 bits per heavy atom. The number of aliphatic hydroxyl groups excluding tert-OH is 1. The van der Waals surface area contributed by atoms with Gasteiger partial charge in [0.25, 0.3) is 5.91 Å². The number of aliphatic hydroxyl groups is 1. The van der Waals surface area contributed by atoms with Crippen LogP contribution < -0.4 is 5.32 Å². The second-order valence-electron chi connectivity index (χ2n) is 6.50. The largest absolute Gasteiger partial charge is 0.393 e. The SMILES string of the molecule is Cc1cc(C(=O)NCc2ccccc2CN2CCC(O)CC2)ncn1. The summed E-state index contributed by atoms with van der Waals surface area (Å²) < 4.78 is 0. The van der Waals surface area contributed by atoms with Gasteiger partial charge in [0.15, 0.2) is 0 Å². The first-order valence-corrected chi connectivity index (χ1v) is 8.66. The van der Waals surface area contributed by atoms with Crippen molar-refractivity contribution in [2.24, 2.45) is 0 Å². The lowest BCUT2D eigenvalue weighted by Gasteiger charge is -2.30. The first-order valence-electron chi connectivity index (χ1n) is 8.66. The average molecular weight is 340 g/mol. The Morgan fingerprint density at radius 1 is 1.24 bits per heavy atom. The number of carbonyl (C=O) groups is 1. The Hall–Kier alpha value is -2.31. The zero-order chi connectivity index (χ0) is 17.6. The first kappa shape index (κ1) is 17.5. The molecule has 0 unspecified atom stereocenters. The van der Waals surface area contributed by atoms with E-state index in [0.29, 0.717) is 12.2 Å². The summed E-state index contributed by atoms with van der Waals surface area (Å²) in [5.41, 5.74) is 3.47. The monoisotopic (exact) mass is 340 g/mol. The number of aryl methyl sites for hydroxylation is 1. The highest BCUT2D eigenvalue weighted by Crippen LogP contribution is 2.16. The van der Waals surface area contributed by atoms with Crippen molar-refractivity contribution >= 4 is 5.91 Å². The van der Waals surface area contributed by atoms with Crippen molar-refractivity contribution in [3.63, 3.8) is 0 Å². The number of nitrogens with zero attached hydrogens (tertiary/aromatic N) is 3. The predicted molar refractivity (Wildman–Crippen MR) is 94.9 cm³/mol. The molecule has 2 heterocycles. The summed E-state index contributed by atoms with van der Waals surface area (Å²) in [7, 11) is 0. The third-order valence-corrected chi connectivity index (χ3v) is 4.55. The highest BCUT2D eigenvalue weighted by Gasteiger charge is 2.18. The molecule has 2 N–H and O–H groups in total. The zero-order valence-electron chi connectivity index (χ0n) is 14.5. The van der Waals surface area contributed by atoms with Crippen molar-refractivity contribution in [1.29, 1.82) is 0 Å². The number of nitrogens with one attached hydrogen (secondary N) is 1. The van der Waals surface area contributed by atoms with E-state index < -0.39 is 0 Å². The standard InChI is InChI=1S/C19H24N4O2/c1-14-10-18(22-13-21-14)19(25)20-11-15-4-2-3-5-16(15)12-23-8-6-17(24)7-9-23/h2-5,10,13,17,24H,6-9,11-12H2,1H3,(H,20,25). The maximum Gasteiger partial charge on any atom is 0.270 e. The smallest absolute Gasteiger partial charge is 0.270 e. The Morgan fingerprint density at radius 3 is 2.68 bits per heavy atom. The molecule has 3 rings (SSSR count). The van der Waals surface area contributed by atoms with Crippen LogP contribution in [0.1, 0.15) is 40.2 Å². The van der Waals surface area contributed by atoms with Crippen LogP contribution in [0.15, 0.2) is 36.7 Å². The molecule has 6 heteroatoms. The van der Waals surface area contributed by atoms with Crippen LogP contribution in [-0.4, -0.2) is 45.1 Å². The van der Waals surface area contributed by atoms with Crippen LogP contribution in [0.2, 0.25) is 0 Å². The van der Waals surface area contributed by atoms with Gasteiger partial charge in [-0.05, 0) is 37.0 Å². The number of piperidine rings is 1. The highest BCUT2D eigenvalue weighted by atomic mass is 16.3. The first-order chi connectivity index (χ1) is 12.1. The van der Waals surface area contributed by atoms with Gasteiger partial charge in [-0.1, -0.05) is 24.3 Å². The van der Waals surface area contributed by atoms with E-state index in [1.807, 2.05) is 25.1 Å². The van der Waals surface area contributed by atoms with Gasteiger partial charge in [-0.25, -0.2) is 9.97 Å². The van der Waals surface area contributed by atoms with Crippen molar-refractivity contribution in [1.82, 2.24) is 20.2 Å². The molecule has 1 fully saturated rings. The number of aromatic nitrogens is 2. The summed E-state index contributed by atoms with van der Waals surface area (Å²) in [5.74, 6) is -0.193. The molecule has 25 heavy (non-hydrogen) atoms. The molecule has 1 aromatic carbocycles. The molecule has 1 saturated heterocycles. The van der Waals surface area contributed by atoms with Crippen molar-refractivity contribution in [2.75, 3.05) is 13.1 Å². The Kier molecular flexibility index (Phi) is 5.73. The van der Waals surface area contributed by atoms with Gasteiger partial charge in [0.05, 0.1) is 6.10 Å². The molecule has 1 aromatic heterocycles. The number of amides is 1. The normalized spacial score (nSPS) is 15.9. The Labute approximate surface area is 147 Å². The third kappa shape index (κ3) is 4.84. The summed E-state index contributed by atoms with van der Waals surface area (Å²) in [4.78, 5) is 22.6. The minimum atomic E-state index is -0.193. The van der Waals surface area contributed by atoms with Crippen molar-refractivity contribution < 1.29 is 9.90 Å². The van der Waals surface area contributed by atoms with E-state index in [-0.39, 0.29) is 12.0 Å². The van der Waals surface area contributed by atoms with E-state index >= 15 is 0 Å². The van der Waals surface area contributed by atoms with E-state index in [1.54, 1.807) is 6.07 Å². The lowest BCUT2D eigenvalue weighted by Crippen LogP contribution is -2.35. The molecule has 0 spiro atoms. The Bertz CT molecular complexity index is 727. The average Bonchev–Trinajstić information content (AvgIpc) is 2.62. The number of rotatable bonds is 5. The van der Waals surface area contributed by atoms with Gasteiger partial charge in [0.2, 0.25) is 0 Å². The molecular weight excluding hydrogens is 316 g/mol. The zero-order valence-corrected chi connectivity index (χ0v) is 14.5. The van der Waals surface area contributed by atoms with E-state index in [1.165, 1.54) is 11.9 Å². The van der Waals surface area contributed by atoms with Crippen molar-refractivity contribution in [3.05, 3.63) is 59.2 Å². The van der Waals surface area contributed by atoms with Gasteiger partial charge in [0.1, 0.15) is 12.0 Å². The molecule has 6 nitrogen and oxygen atoms in total. The second kappa shape index (κ2) is 8.18. The molecule has 0 radical (unpaired) electrons. The molecule has 0 aliphatic carbocycles. The van der Waals surface area contributed by atoms with Gasteiger partial charge < -0.3 is 10.4 Å². The van der Waals surface area contributed by atoms with Crippen LogP contribution in [0.3, 0.4) is 0 Å². The number of hydrogen-bond donors (Lipinski definition) is 2. The van der Waals surface area contributed by atoms with Gasteiger partial charge in [-0.3, -0.25) is 9.69 Å². The molecule has 0 bridgehead atoms. The van der Waals surface area contributed by atoms with Gasteiger partial charge in [-0.2, -0.15) is 0 Å². The maximum atomic E-state index is 12.3. The molecular formula is C19H24N4O2. The van der Waals surface area contributed by atoms with Crippen LogP contribution in [0, 0.1) is 6.92 Å². The molecule has 132 valence electrons. The topological polar surface area (TPSA) is 78.4 Å². The fourth-order valence-corrected chi connectivity index (χ4v) is 3.05. The van der Waals surface area contributed by atoms with Crippen LogP contribution in [0.5, 0.6) is 0 Å². The lowest BCUT2D eigenvalue weighted by molar-refractivity contribution is 0.0790. The van der Waals surface area contributed by atoms with Crippen molar-refractivity contribution in [3.8, 4) is 0 Å². The number of hydrogen-bond acceptors (Lipinski definition) is 5. The molecule has 1 aliphatic rings. The highest BCUT2D eigenvalue weighted by molar-refractivity contribution is 5.92. The summed E-state index contributed by atoms with van der Waals surface area (Å²) in [5, 5.41) is 12.6. The van der Waals surface area contributed by atoms with Crippen LogP contribution >= 0.6 is 0 Å². The summed E-state index contributed by atoms with van der Waals surface area (Å²) in [6, 6.07) is 9.83. The van der Waals surface area contributed by atoms with Gasteiger partial charge >= 0.3 is 0 Å². The minimum Gasteiger partial charge on any atom is -0.393 e. The van der Waals surface area contributed by atoms with Crippen LogP contribution in [0.25, 0.3) is 0 Å². The number of likely N-dealkylation sites (tertiary alicyclic amines) is 1. The van der Waals surface area contributed by atoms with E-state index in [9.17, 15) is 9.90 Å². The van der Waals surface area contributed by atoms with E-state index in [0.717, 1.165) is 43.7 Å². The predicted octanol–water partition coefficient (Wildman–Crippen LogP) is 1.67. The quantitative estimate of drug-likeness (QED) is 0.866. The second-order valence-corrected chi connectivity index (χ2v) is 6.50. The number of carbonyl (C=O) groups excluding carboxylic acids is 1. The molecule has 0 atom stereocenters. The van der Waals surface area contributed by atoms with E-state index in [2.05, 4.69) is 26.3 Å². The molecule has 1 aliphatic heterocycles. The summed E-state index contributed by atoms with van der Waals surface area (Å²) in [6.45, 7) is 4.95. The fourth-order valence-electron chi connectivity index (χ4n) is 3.05. The summed E-state index contributed by atoms with van der Waals surface area (Å²) >= 11 is 0. The lowest BCUT2D eigenvalue weighted by atomic mass is 10.0. The Balaban J connectivity index is 1.62. The van der Waals surface area contributed by atoms with E-state index in [4.69, 9.17) is 0 Å². The van der Waals surface area contributed by atoms with Gasteiger partial charge in [-0.15, -0.1) is 0 Å². The minimum absolute atomic E-state index is 0.165. The summed E-state index contributed by atoms with van der Waals surface area (Å²) in [6.07, 6.45) is 2.89.